The van der Waals surface area contributed by atoms with Crippen molar-refractivity contribution in [1.82, 2.24) is 0 Å². The second kappa shape index (κ2) is 6.21. The quantitative estimate of drug-likeness (QED) is 0.910. The van der Waals surface area contributed by atoms with E-state index in [-0.39, 0.29) is 12.0 Å². The molecule has 1 aliphatic rings. The third-order valence-corrected chi connectivity index (χ3v) is 4.56. The molecule has 0 aliphatic carbocycles. The van der Waals surface area contributed by atoms with Gasteiger partial charge in [-0.3, -0.25) is 0 Å². The predicted octanol–water partition coefficient (Wildman–Crippen LogP) is 4.34. The fourth-order valence-corrected chi connectivity index (χ4v) is 3.12. The number of benzene rings is 2. The summed E-state index contributed by atoms with van der Waals surface area (Å²) in [7, 11) is 0. The van der Waals surface area contributed by atoms with Crippen molar-refractivity contribution < 1.29 is 9.84 Å². The highest BCUT2D eigenvalue weighted by Gasteiger charge is 2.33. The highest BCUT2D eigenvalue weighted by atomic mass is 16.5. The highest BCUT2D eigenvalue weighted by Crippen LogP contribution is 2.43. The molecule has 1 N–H and O–H groups in total. The van der Waals surface area contributed by atoms with E-state index in [4.69, 9.17) is 4.74 Å². The van der Waals surface area contributed by atoms with Crippen LogP contribution < -0.4 is 4.74 Å². The molecule has 0 atom stereocenters. The lowest BCUT2D eigenvalue weighted by Crippen LogP contribution is -2.18. The maximum absolute atomic E-state index is 9.20. The molecule has 0 bridgehead atoms. The SMILES string of the molecule is CC(=CCO)c1cc(Cc2ccccc2)c2c(c1)C(C)(C)CO2. The molecule has 23 heavy (non-hydrogen) atoms. The van der Waals surface area contributed by atoms with Gasteiger partial charge in [-0.05, 0) is 41.3 Å². The van der Waals surface area contributed by atoms with Crippen LogP contribution in [0.15, 0.2) is 48.5 Å². The summed E-state index contributed by atoms with van der Waals surface area (Å²) in [4.78, 5) is 0. The maximum atomic E-state index is 9.20. The van der Waals surface area contributed by atoms with Crippen LogP contribution in [0.5, 0.6) is 5.75 Å². The number of hydrogen-bond acceptors (Lipinski definition) is 2. The van der Waals surface area contributed by atoms with Crippen molar-refractivity contribution in [2.75, 3.05) is 13.2 Å². The second-order valence-corrected chi connectivity index (χ2v) is 6.92. The van der Waals surface area contributed by atoms with Gasteiger partial charge in [-0.25, -0.2) is 0 Å². The van der Waals surface area contributed by atoms with E-state index < -0.39 is 0 Å². The van der Waals surface area contributed by atoms with Crippen LogP contribution in [-0.4, -0.2) is 18.3 Å². The third-order valence-electron chi connectivity index (χ3n) is 4.56. The van der Waals surface area contributed by atoms with Crippen LogP contribution in [0.1, 0.15) is 43.0 Å². The number of aliphatic hydroxyl groups is 1. The van der Waals surface area contributed by atoms with Gasteiger partial charge in [0.1, 0.15) is 5.75 Å². The molecule has 0 saturated heterocycles. The molecular weight excluding hydrogens is 284 g/mol. The molecule has 0 amide bonds. The summed E-state index contributed by atoms with van der Waals surface area (Å²) in [5.41, 5.74) is 6.07. The van der Waals surface area contributed by atoms with E-state index in [0.29, 0.717) is 0 Å². The fourth-order valence-electron chi connectivity index (χ4n) is 3.12. The van der Waals surface area contributed by atoms with Crippen LogP contribution in [0.2, 0.25) is 0 Å². The number of hydrogen-bond donors (Lipinski definition) is 1. The van der Waals surface area contributed by atoms with Crippen molar-refractivity contribution >= 4 is 5.57 Å². The first kappa shape index (κ1) is 15.8. The Labute approximate surface area is 138 Å². The van der Waals surface area contributed by atoms with Crippen LogP contribution in [0, 0.1) is 0 Å². The molecule has 0 fully saturated rings. The number of aliphatic hydroxyl groups excluding tert-OH is 1. The zero-order valence-corrected chi connectivity index (χ0v) is 14.1. The number of ether oxygens (including phenoxy) is 1. The van der Waals surface area contributed by atoms with E-state index in [1.165, 1.54) is 22.3 Å². The van der Waals surface area contributed by atoms with Gasteiger partial charge in [0.15, 0.2) is 0 Å². The van der Waals surface area contributed by atoms with Crippen molar-refractivity contribution in [3.8, 4) is 5.75 Å². The average molecular weight is 308 g/mol. The first-order valence-corrected chi connectivity index (χ1v) is 8.13. The van der Waals surface area contributed by atoms with Crippen LogP contribution in [-0.2, 0) is 11.8 Å². The first-order chi connectivity index (χ1) is 11.0. The molecule has 0 aromatic heterocycles. The lowest BCUT2D eigenvalue weighted by atomic mass is 9.83. The van der Waals surface area contributed by atoms with Gasteiger partial charge >= 0.3 is 0 Å². The van der Waals surface area contributed by atoms with E-state index in [1.54, 1.807) is 0 Å². The summed E-state index contributed by atoms with van der Waals surface area (Å²) < 4.78 is 6.04. The highest BCUT2D eigenvalue weighted by molar-refractivity contribution is 5.68. The summed E-state index contributed by atoms with van der Waals surface area (Å²) in [6, 6.07) is 14.9. The van der Waals surface area contributed by atoms with Gasteiger partial charge in [-0.1, -0.05) is 50.3 Å². The minimum Gasteiger partial charge on any atom is -0.492 e. The Morgan fingerprint density at radius 3 is 2.65 bits per heavy atom. The van der Waals surface area contributed by atoms with Crippen LogP contribution in [0.25, 0.3) is 5.57 Å². The van der Waals surface area contributed by atoms with E-state index >= 15 is 0 Å². The molecule has 2 heteroatoms. The number of allylic oxidation sites excluding steroid dienone is 1. The molecule has 2 aromatic rings. The summed E-state index contributed by atoms with van der Waals surface area (Å²) in [6.45, 7) is 7.28. The third kappa shape index (κ3) is 3.18. The predicted molar refractivity (Wildman–Crippen MR) is 94.9 cm³/mol. The number of rotatable bonds is 4. The second-order valence-electron chi connectivity index (χ2n) is 6.92. The molecule has 0 radical (unpaired) electrons. The van der Waals surface area contributed by atoms with Crippen molar-refractivity contribution in [3.63, 3.8) is 0 Å². The maximum Gasteiger partial charge on any atom is 0.126 e. The van der Waals surface area contributed by atoms with Crippen molar-refractivity contribution in [2.45, 2.75) is 32.6 Å². The van der Waals surface area contributed by atoms with Crippen molar-refractivity contribution in [1.29, 1.82) is 0 Å². The van der Waals surface area contributed by atoms with Crippen LogP contribution in [0.4, 0.5) is 0 Å². The Kier molecular flexibility index (Phi) is 4.27. The topological polar surface area (TPSA) is 29.5 Å². The Bertz CT molecular complexity index is 727. The zero-order chi connectivity index (χ0) is 16.4. The molecule has 1 aliphatic heterocycles. The van der Waals surface area contributed by atoms with Gasteiger partial charge in [0, 0.05) is 17.4 Å². The number of fused-ring (bicyclic) bond motifs is 1. The van der Waals surface area contributed by atoms with E-state index in [9.17, 15) is 5.11 Å². The van der Waals surface area contributed by atoms with E-state index in [2.05, 4.69) is 50.2 Å². The summed E-state index contributed by atoms with van der Waals surface area (Å²) in [5, 5.41) is 9.20. The van der Waals surface area contributed by atoms with Crippen molar-refractivity contribution in [2.24, 2.45) is 0 Å². The van der Waals surface area contributed by atoms with Crippen LogP contribution >= 0.6 is 0 Å². The first-order valence-electron chi connectivity index (χ1n) is 8.13. The van der Waals surface area contributed by atoms with Crippen molar-refractivity contribution in [3.05, 3.63) is 70.8 Å². The molecule has 2 nitrogen and oxygen atoms in total. The van der Waals surface area contributed by atoms with Gasteiger partial charge in [-0.2, -0.15) is 0 Å². The summed E-state index contributed by atoms with van der Waals surface area (Å²) >= 11 is 0. The summed E-state index contributed by atoms with van der Waals surface area (Å²) in [5.74, 6) is 1.04. The minimum absolute atomic E-state index is 0.0241. The van der Waals surface area contributed by atoms with Crippen LogP contribution in [0.3, 0.4) is 0 Å². The Morgan fingerprint density at radius 2 is 1.96 bits per heavy atom. The Hall–Kier alpha value is -2.06. The monoisotopic (exact) mass is 308 g/mol. The zero-order valence-electron chi connectivity index (χ0n) is 14.1. The van der Waals surface area contributed by atoms with Gasteiger partial charge in [-0.15, -0.1) is 0 Å². The lowest BCUT2D eigenvalue weighted by molar-refractivity contribution is 0.289. The molecular formula is C21H24O2. The standard InChI is InChI=1S/C21H24O2/c1-15(9-10-22)17-12-18(11-16-7-5-4-6-8-16)20-19(13-17)21(2,3)14-23-20/h4-9,12-13,22H,10-11,14H2,1-3H3. The largest absolute Gasteiger partial charge is 0.492 e. The van der Waals surface area contributed by atoms with Gasteiger partial charge < -0.3 is 9.84 Å². The molecule has 0 spiro atoms. The lowest BCUT2D eigenvalue weighted by Gasteiger charge is -2.17. The normalized spacial score (nSPS) is 16.1. The molecule has 120 valence electrons. The molecule has 1 heterocycles. The molecule has 3 rings (SSSR count). The smallest absolute Gasteiger partial charge is 0.126 e. The average Bonchev–Trinajstić information content (AvgIpc) is 2.84. The Balaban J connectivity index is 2.09. The van der Waals surface area contributed by atoms with E-state index in [1.807, 2.05) is 19.1 Å². The van der Waals surface area contributed by atoms with Gasteiger partial charge in [0.25, 0.3) is 0 Å². The van der Waals surface area contributed by atoms with Gasteiger partial charge in [0.2, 0.25) is 0 Å². The fraction of sp³-hybridized carbons (Fsp3) is 0.333. The van der Waals surface area contributed by atoms with E-state index in [0.717, 1.165) is 24.4 Å². The Morgan fingerprint density at radius 1 is 1.22 bits per heavy atom. The minimum atomic E-state index is 0.0241. The molecule has 0 unspecified atom stereocenters. The molecule has 2 aromatic carbocycles. The van der Waals surface area contributed by atoms with Gasteiger partial charge in [0.05, 0.1) is 13.2 Å². The molecule has 0 saturated carbocycles. The summed E-state index contributed by atoms with van der Waals surface area (Å²) in [6.07, 6.45) is 2.72.